The summed E-state index contributed by atoms with van der Waals surface area (Å²) in [7, 11) is 1.66. The molecule has 0 aliphatic carbocycles. The first-order valence-corrected chi connectivity index (χ1v) is 8.04. The van der Waals surface area contributed by atoms with Crippen LogP contribution < -0.4 is 16.6 Å². The average Bonchev–Trinajstić information content (AvgIpc) is 2.54. The van der Waals surface area contributed by atoms with Crippen LogP contribution in [0.2, 0.25) is 0 Å². The molecular formula is C18H27N3O2. The third-order valence-corrected chi connectivity index (χ3v) is 3.65. The third-order valence-electron chi connectivity index (χ3n) is 3.65. The number of hydrogen-bond donors (Lipinski definition) is 2. The van der Waals surface area contributed by atoms with Crippen molar-refractivity contribution in [3.63, 3.8) is 0 Å². The number of nitrogens with zero attached hydrogens (tertiary/aromatic N) is 1. The van der Waals surface area contributed by atoms with E-state index in [1.807, 2.05) is 38.1 Å². The maximum absolute atomic E-state index is 11.8. The van der Waals surface area contributed by atoms with Gasteiger partial charge in [0.25, 0.3) is 5.56 Å². The number of carbonyl (C=O) groups excluding carboxylic acids is 1. The number of benzene rings is 1. The summed E-state index contributed by atoms with van der Waals surface area (Å²) >= 11 is 0. The first-order chi connectivity index (χ1) is 10.9. The highest BCUT2D eigenvalue weighted by atomic mass is 16.1. The molecule has 2 aromatic rings. The number of pyridine rings is 1. The molecule has 0 saturated heterocycles. The molecule has 0 fully saturated rings. The van der Waals surface area contributed by atoms with E-state index in [2.05, 4.69) is 12.2 Å². The van der Waals surface area contributed by atoms with Gasteiger partial charge in [-0.3, -0.25) is 9.59 Å². The van der Waals surface area contributed by atoms with Crippen molar-refractivity contribution in [2.24, 2.45) is 0 Å². The molecule has 0 aliphatic heterocycles. The van der Waals surface area contributed by atoms with Gasteiger partial charge < -0.3 is 15.6 Å². The zero-order valence-corrected chi connectivity index (χ0v) is 14.5. The normalized spacial score (nSPS) is 10.1. The van der Waals surface area contributed by atoms with Crippen molar-refractivity contribution in [1.29, 1.82) is 0 Å². The Balaban J connectivity index is 0.000000284. The second-order valence-electron chi connectivity index (χ2n) is 5.47. The number of hydrogen-bond acceptors (Lipinski definition) is 3. The Kier molecular flexibility index (Phi) is 7.32. The molecular weight excluding hydrogens is 290 g/mol. The van der Waals surface area contributed by atoms with Gasteiger partial charge in [-0.2, -0.15) is 0 Å². The molecule has 2 rings (SSSR count). The Hall–Kier alpha value is -2.30. The molecule has 1 aromatic carbocycles. The largest absolute Gasteiger partial charge is 0.399 e. The number of amides is 1. The predicted octanol–water partition coefficient (Wildman–Crippen LogP) is 2.83. The van der Waals surface area contributed by atoms with Gasteiger partial charge >= 0.3 is 0 Å². The molecule has 23 heavy (non-hydrogen) atoms. The topological polar surface area (TPSA) is 77.1 Å². The highest BCUT2D eigenvalue weighted by Crippen LogP contribution is 2.16. The molecule has 0 atom stereocenters. The number of nitrogens with one attached hydrogen (secondary N) is 1. The Morgan fingerprint density at radius 3 is 2.52 bits per heavy atom. The molecule has 126 valence electrons. The van der Waals surface area contributed by atoms with E-state index in [9.17, 15) is 9.59 Å². The molecule has 0 aliphatic rings. The van der Waals surface area contributed by atoms with Gasteiger partial charge in [0.05, 0.1) is 5.52 Å². The van der Waals surface area contributed by atoms with Crippen LogP contribution in [0.15, 0.2) is 29.1 Å². The van der Waals surface area contributed by atoms with E-state index >= 15 is 0 Å². The van der Waals surface area contributed by atoms with Crippen LogP contribution in [-0.4, -0.2) is 17.5 Å². The smallest absolute Gasteiger partial charge is 0.253 e. The van der Waals surface area contributed by atoms with E-state index in [0.29, 0.717) is 13.0 Å². The van der Waals surface area contributed by atoms with Crippen LogP contribution in [0.5, 0.6) is 0 Å². The van der Waals surface area contributed by atoms with E-state index in [-0.39, 0.29) is 11.5 Å². The van der Waals surface area contributed by atoms with Crippen LogP contribution in [0, 0.1) is 6.92 Å². The standard InChI is InChI=1S/C12H14N2O.C6H13NO/c1-3-14-11-5-4-10(13)7-9(11)6-8(2)12(14)15;1-3-4-5-6(8)7-2/h4-7H,3,13H2,1-2H3;3-5H2,1-2H3,(H,7,8). The van der Waals surface area contributed by atoms with Crippen molar-refractivity contribution in [3.05, 3.63) is 40.2 Å². The van der Waals surface area contributed by atoms with Crippen LogP contribution >= 0.6 is 0 Å². The number of anilines is 1. The van der Waals surface area contributed by atoms with Crippen molar-refractivity contribution in [2.45, 2.75) is 46.6 Å². The lowest BCUT2D eigenvalue weighted by Gasteiger charge is -2.09. The van der Waals surface area contributed by atoms with Gasteiger partial charge in [0.15, 0.2) is 0 Å². The fourth-order valence-electron chi connectivity index (χ4n) is 2.33. The Morgan fingerprint density at radius 1 is 1.26 bits per heavy atom. The second kappa shape index (κ2) is 8.98. The van der Waals surface area contributed by atoms with Crippen molar-refractivity contribution >= 4 is 22.5 Å². The van der Waals surface area contributed by atoms with Crippen LogP contribution in [0.4, 0.5) is 5.69 Å². The maximum Gasteiger partial charge on any atom is 0.253 e. The number of rotatable bonds is 4. The van der Waals surface area contributed by atoms with Gasteiger partial charge in [-0.25, -0.2) is 0 Å². The molecule has 5 heteroatoms. The van der Waals surface area contributed by atoms with Gasteiger partial charge in [0.2, 0.25) is 5.91 Å². The zero-order chi connectivity index (χ0) is 17.4. The van der Waals surface area contributed by atoms with Crippen LogP contribution in [0.3, 0.4) is 0 Å². The molecule has 3 N–H and O–H groups in total. The van der Waals surface area contributed by atoms with Gasteiger partial charge in [-0.15, -0.1) is 0 Å². The van der Waals surface area contributed by atoms with Crippen LogP contribution in [0.25, 0.3) is 10.9 Å². The number of aromatic nitrogens is 1. The lowest BCUT2D eigenvalue weighted by atomic mass is 10.1. The molecule has 0 bridgehead atoms. The monoisotopic (exact) mass is 317 g/mol. The molecule has 0 saturated carbocycles. The average molecular weight is 317 g/mol. The van der Waals surface area contributed by atoms with Crippen LogP contribution in [-0.2, 0) is 11.3 Å². The van der Waals surface area contributed by atoms with Crippen molar-refractivity contribution in [2.75, 3.05) is 12.8 Å². The van der Waals surface area contributed by atoms with Gasteiger partial charge in [0.1, 0.15) is 0 Å². The van der Waals surface area contributed by atoms with E-state index in [4.69, 9.17) is 5.73 Å². The molecule has 0 spiro atoms. The Bertz CT molecular complexity index is 720. The molecule has 0 unspecified atom stereocenters. The van der Waals surface area contributed by atoms with Gasteiger partial charge in [-0.1, -0.05) is 13.3 Å². The number of aryl methyl sites for hydroxylation is 2. The summed E-state index contributed by atoms with van der Waals surface area (Å²) in [6.45, 7) is 6.55. The molecule has 1 amide bonds. The quantitative estimate of drug-likeness (QED) is 0.851. The number of carbonyl (C=O) groups is 1. The second-order valence-corrected chi connectivity index (χ2v) is 5.47. The predicted molar refractivity (Wildman–Crippen MR) is 96.6 cm³/mol. The fraction of sp³-hybridized carbons (Fsp3) is 0.444. The van der Waals surface area contributed by atoms with Gasteiger partial charge in [0, 0.05) is 36.7 Å². The number of fused-ring (bicyclic) bond motifs is 1. The van der Waals surface area contributed by atoms with E-state index in [1.165, 1.54) is 0 Å². The summed E-state index contributed by atoms with van der Waals surface area (Å²) < 4.78 is 1.77. The van der Waals surface area contributed by atoms with Crippen LogP contribution in [0.1, 0.15) is 38.7 Å². The summed E-state index contributed by atoms with van der Waals surface area (Å²) in [4.78, 5) is 22.3. The Morgan fingerprint density at radius 2 is 1.96 bits per heavy atom. The summed E-state index contributed by atoms with van der Waals surface area (Å²) in [5.74, 6) is 0.145. The third kappa shape index (κ3) is 5.13. The van der Waals surface area contributed by atoms with Gasteiger partial charge in [-0.05, 0) is 44.5 Å². The maximum atomic E-state index is 11.8. The fourth-order valence-corrected chi connectivity index (χ4v) is 2.33. The minimum atomic E-state index is 0.0785. The molecule has 1 heterocycles. The minimum absolute atomic E-state index is 0.0785. The highest BCUT2D eigenvalue weighted by molar-refractivity contribution is 5.82. The molecule has 5 nitrogen and oxygen atoms in total. The van der Waals surface area contributed by atoms with Crippen molar-refractivity contribution in [1.82, 2.24) is 9.88 Å². The minimum Gasteiger partial charge on any atom is -0.399 e. The van der Waals surface area contributed by atoms with E-state index in [0.717, 1.165) is 35.0 Å². The number of nitrogens with two attached hydrogens (primary N) is 1. The number of unbranched alkanes of at least 4 members (excludes halogenated alkanes) is 1. The van der Waals surface area contributed by atoms with Crippen molar-refractivity contribution in [3.8, 4) is 0 Å². The summed E-state index contributed by atoms with van der Waals surface area (Å²) in [5, 5.41) is 3.58. The summed E-state index contributed by atoms with van der Waals surface area (Å²) in [6.07, 6.45) is 2.76. The Labute approximate surface area is 137 Å². The first-order valence-electron chi connectivity index (χ1n) is 8.04. The van der Waals surface area contributed by atoms with E-state index in [1.54, 1.807) is 11.6 Å². The summed E-state index contributed by atoms with van der Waals surface area (Å²) in [6, 6.07) is 7.51. The lowest BCUT2D eigenvalue weighted by molar-refractivity contribution is -0.120. The first kappa shape index (κ1) is 18.7. The summed E-state index contributed by atoms with van der Waals surface area (Å²) in [5.41, 5.74) is 8.23. The highest BCUT2D eigenvalue weighted by Gasteiger charge is 2.04. The molecule has 1 aromatic heterocycles. The van der Waals surface area contributed by atoms with Crippen molar-refractivity contribution < 1.29 is 4.79 Å². The van der Waals surface area contributed by atoms with E-state index < -0.39 is 0 Å². The molecule has 0 radical (unpaired) electrons. The number of nitrogen functional groups attached to an aromatic ring is 1. The SMILES string of the molecule is CCCCC(=O)NC.CCn1c(=O)c(C)cc2cc(N)ccc21. The zero-order valence-electron chi connectivity index (χ0n) is 14.5. The lowest BCUT2D eigenvalue weighted by Crippen LogP contribution is -2.21.